The Morgan fingerprint density at radius 2 is 1.33 bits per heavy atom. The molecule has 1 saturated heterocycles. The standard InChI is InChI=1S/C19H21N3O2/c1-14-3-4-17(13-15(14)2)19(24)22-11-9-21(10-12-22)18(23)16-5-7-20-8-6-16/h3-8,13H,9-12H2,1-2H3. The van der Waals surface area contributed by atoms with Gasteiger partial charge in [0.25, 0.3) is 11.8 Å². The third-order valence-electron chi connectivity index (χ3n) is 4.54. The predicted molar refractivity (Wildman–Crippen MR) is 92.0 cm³/mol. The van der Waals surface area contributed by atoms with Crippen molar-refractivity contribution in [3.8, 4) is 0 Å². The Morgan fingerprint density at radius 3 is 1.88 bits per heavy atom. The average molecular weight is 323 g/mol. The maximum Gasteiger partial charge on any atom is 0.254 e. The van der Waals surface area contributed by atoms with Crippen LogP contribution in [0.3, 0.4) is 0 Å². The largest absolute Gasteiger partial charge is 0.335 e. The SMILES string of the molecule is Cc1ccc(C(=O)N2CCN(C(=O)c3ccncc3)CC2)cc1C. The second-order valence-electron chi connectivity index (χ2n) is 6.12. The van der Waals surface area contributed by atoms with Crippen molar-refractivity contribution in [1.29, 1.82) is 0 Å². The summed E-state index contributed by atoms with van der Waals surface area (Å²) in [6.45, 7) is 6.27. The van der Waals surface area contributed by atoms with Crippen LogP contribution in [0.4, 0.5) is 0 Å². The van der Waals surface area contributed by atoms with Crippen LogP contribution in [0.25, 0.3) is 0 Å². The summed E-state index contributed by atoms with van der Waals surface area (Å²) in [4.78, 5) is 32.6. The van der Waals surface area contributed by atoms with Crippen molar-refractivity contribution < 1.29 is 9.59 Å². The smallest absolute Gasteiger partial charge is 0.254 e. The van der Waals surface area contributed by atoms with E-state index in [1.54, 1.807) is 29.4 Å². The summed E-state index contributed by atoms with van der Waals surface area (Å²) in [6, 6.07) is 9.22. The molecular formula is C19H21N3O2. The highest BCUT2D eigenvalue weighted by molar-refractivity contribution is 5.96. The van der Waals surface area contributed by atoms with Gasteiger partial charge in [-0.25, -0.2) is 0 Å². The van der Waals surface area contributed by atoms with Crippen molar-refractivity contribution in [1.82, 2.24) is 14.8 Å². The summed E-state index contributed by atoms with van der Waals surface area (Å²) in [5, 5.41) is 0. The number of aryl methyl sites for hydroxylation is 2. The van der Waals surface area contributed by atoms with E-state index in [9.17, 15) is 9.59 Å². The van der Waals surface area contributed by atoms with E-state index in [-0.39, 0.29) is 11.8 Å². The number of hydrogen-bond donors (Lipinski definition) is 0. The van der Waals surface area contributed by atoms with Gasteiger partial charge in [-0.3, -0.25) is 14.6 Å². The second-order valence-corrected chi connectivity index (χ2v) is 6.12. The lowest BCUT2D eigenvalue weighted by Gasteiger charge is -2.35. The van der Waals surface area contributed by atoms with E-state index in [0.717, 1.165) is 5.56 Å². The minimum Gasteiger partial charge on any atom is -0.335 e. The summed E-state index contributed by atoms with van der Waals surface area (Å²) in [5.74, 6) is 0.0322. The number of carbonyl (C=O) groups is 2. The van der Waals surface area contributed by atoms with Gasteiger partial charge in [-0.05, 0) is 49.2 Å². The summed E-state index contributed by atoms with van der Waals surface area (Å²) >= 11 is 0. The van der Waals surface area contributed by atoms with Crippen LogP contribution < -0.4 is 0 Å². The van der Waals surface area contributed by atoms with Crippen LogP contribution in [-0.2, 0) is 0 Å². The summed E-state index contributed by atoms with van der Waals surface area (Å²) in [5.41, 5.74) is 3.65. The number of pyridine rings is 1. The van der Waals surface area contributed by atoms with Crippen molar-refractivity contribution in [2.45, 2.75) is 13.8 Å². The highest BCUT2D eigenvalue weighted by Gasteiger charge is 2.25. The normalized spacial score (nSPS) is 14.6. The molecule has 1 aromatic heterocycles. The van der Waals surface area contributed by atoms with E-state index in [1.807, 2.05) is 36.9 Å². The predicted octanol–water partition coefficient (Wildman–Crippen LogP) is 2.30. The first kappa shape index (κ1) is 16.2. The van der Waals surface area contributed by atoms with Gasteiger partial charge in [-0.15, -0.1) is 0 Å². The lowest BCUT2D eigenvalue weighted by molar-refractivity contribution is 0.0535. The maximum atomic E-state index is 12.6. The molecule has 5 nitrogen and oxygen atoms in total. The number of amides is 2. The summed E-state index contributed by atoms with van der Waals surface area (Å²) in [7, 11) is 0. The molecule has 0 N–H and O–H groups in total. The number of benzene rings is 1. The van der Waals surface area contributed by atoms with E-state index in [1.165, 1.54) is 5.56 Å². The van der Waals surface area contributed by atoms with Gasteiger partial charge in [0.1, 0.15) is 0 Å². The Bertz CT molecular complexity index is 750. The van der Waals surface area contributed by atoms with Crippen LogP contribution in [0.1, 0.15) is 31.8 Å². The maximum absolute atomic E-state index is 12.6. The van der Waals surface area contributed by atoms with Crippen LogP contribution >= 0.6 is 0 Å². The fourth-order valence-electron chi connectivity index (χ4n) is 2.85. The van der Waals surface area contributed by atoms with E-state index in [0.29, 0.717) is 37.3 Å². The van der Waals surface area contributed by atoms with Gasteiger partial charge in [0.05, 0.1) is 0 Å². The molecule has 0 aliphatic carbocycles. The Hall–Kier alpha value is -2.69. The molecular weight excluding hydrogens is 302 g/mol. The number of piperazine rings is 1. The lowest BCUT2D eigenvalue weighted by atomic mass is 10.1. The van der Waals surface area contributed by atoms with E-state index in [4.69, 9.17) is 0 Å². The second kappa shape index (κ2) is 6.83. The highest BCUT2D eigenvalue weighted by atomic mass is 16.2. The van der Waals surface area contributed by atoms with Gasteiger partial charge in [-0.2, -0.15) is 0 Å². The molecule has 1 aromatic carbocycles. The van der Waals surface area contributed by atoms with Crippen molar-refractivity contribution in [2.24, 2.45) is 0 Å². The molecule has 0 bridgehead atoms. The summed E-state index contributed by atoms with van der Waals surface area (Å²) < 4.78 is 0. The van der Waals surface area contributed by atoms with Crippen LogP contribution in [0.5, 0.6) is 0 Å². The van der Waals surface area contributed by atoms with Crippen molar-refractivity contribution in [3.63, 3.8) is 0 Å². The van der Waals surface area contributed by atoms with E-state index < -0.39 is 0 Å². The molecule has 0 atom stereocenters. The first-order chi connectivity index (χ1) is 11.6. The Labute approximate surface area is 141 Å². The molecule has 2 aromatic rings. The zero-order chi connectivity index (χ0) is 17.1. The topological polar surface area (TPSA) is 53.5 Å². The third-order valence-corrected chi connectivity index (χ3v) is 4.54. The van der Waals surface area contributed by atoms with Crippen molar-refractivity contribution >= 4 is 11.8 Å². The first-order valence-corrected chi connectivity index (χ1v) is 8.12. The van der Waals surface area contributed by atoms with Gasteiger partial charge < -0.3 is 9.80 Å². The highest BCUT2D eigenvalue weighted by Crippen LogP contribution is 2.14. The Kier molecular flexibility index (Phi) is 4.60. The van der Waals surface area contributed by atoms with Gasteiger partial charge in [-0.1, -0.05) is 6.07 Å². The zero-order valence-electron chi connectivity index (χ0n) is 14.0. The van der Waals surface area contributed by atoms with E-state index in [2.05, 4.69) is 4.98 Å². The molecule has 1 aliphatic rings. The fourth-order valence-corrected chi connectivity index (χ4v) is 2.85. The molecule has 0 radical (unpaired) electrons. The molecule has 0 saturated carbocycles. The average Bonchev–Trinajstić information content (AvgIpc) is 2.63. The van der Waals surface area contributed by atoms with Crippen molar-refractivity contribution in [2.75, 3.05) is 26.2 Å². The van der Waals surface area contributed by atoms with Crippen molar-refractivity contribution in [3.05, 3.63) is 65.0 Å². The van der Waals surface area contributed by atoms with Gasteiger partial charge in [0.15, 0.2) is 0 Å². The minimum absolute atomic E-state index is 0.00400. The molecule has 3 rings (SSSR count). The number of carbonyl (C=O) groups excluding carboxylic acids is 2. The molecule has 124 valence electrons. The molecule has 0 spiro atoms. The molecule has 1 aliphatic heterocycles. The molecule has 1 fully saturated rings. The molecule has 5 heteroatoms. The van der Waals surface area contributed by atoms with Crippen LogP contribution in [0, 0.1) is 13.8 Å². The van der Waals surface area contributed by atoms with E-state index >= 15 is 0 Å². The molecule has 24 heavy (non-hydrogen) atoms. The molecule has 2 heterocycles. The Morgan fingerprint density at radius 1 is 0.792 bits per heavy atom. The number of hydrogen-bond acceptors (Lipinski definition) is 3. The zero-order valence-corrected chi connectivity index (χ0v) is 14.0. The number of aromatic nitrogens is 1. The minimum atomic E-state index is -0.00400. The number of nitrogens with zero attached hydrogens (tertiary/aromatic N) is 3. The monoisotopic (exact) mass is 323 g/mol. The van der Waals surface area contributed by atoms with Crippen LogP contribution in [-0.4, -0.2) is 52.8 Å². The van der Waals surface area contributed by atoms with Gasteiger partial charge in [0.2, 0.25) is 0 Å². The third kappa shape index (κ3) is 3.30. The summed E-state index contributed by atoms with van der Waals surface area (Å²) in [6.07, 6.45) is 3.24. The molecule has 2 amide bonds. The molecule has 0 unspecified atom stereocenters. The Balaban J connectivity index is 1.63. The fraction of sp³-hybridized carbons (Fsp3) is 0.316. The lowest BCUT2D eigenvalue weighted by Crippen LogP contribution is -2.50. The van der Waals surface area contributed by atoms with Gasteiger partial charge >= 0.3 is 0 Å². The quantitative estimate of drug-likeness (QED) is 0.852. The van der Waals surface area contributed by atoms with Gasteiger partial charge in [0, 0.05) is 49.7 Å². The van der Waals surface area contributed by atoms with Crippen LogP contribution in [0.15, 0.2) is 42.7 Å². The van der Waals surface area contributed by atoms with Crippen LogP contribution in [0.2, 0.25) is 0 Å². The number of rotatable bonds is 2. The first-order valence-electron chi connectivity index (χ1n) is 8.12.